The van der Waals surface area contributed by atoms with E-state index in [1.165, 1.54) is 6.42 Å². The number of carbonyl (C=O) groups excluding carboxylic acids is 3. The predicted molar refractivity (Wildman–Crippen MR) is 147 cm³/mol. The second-order valence-electron chi connectivity index (χ2n) is 9.99. The number of anilines is 1. The van der Waals surface area contributed by atoms with Crippen LogP contribution in [0.4, 0.5) is 5.69 Å². The Hall–Kier alpha value is -3.38. The number of halogens is 1. The summed E-state index contributed by atoms with van der Waals surface area (Å²) in [7, 11) is 0. The van der Waals surface area contributed by atoms with Gasteiger partial charge in [-0.25, -0.2) is 0 Å². The van der Waals surface area contributed by atoms with E-state index in [1.54, 1.807) is 28.0 Å². The molecule has 3 amide bonds. The second-order valence-corrected chi connectivity index (χ2v) is 10.4. The summed E-state index contributed by atoms with van der Waals surface area (Å²) in [5, 5.41) is 5.64. The summed E-state index contributed by atoms with van der Waals surface area (Å²) in [4.78, 5) is 43.9. The standard InChI is InChI=1S/C30H32ClN3O3/c1-2-25(29(36)32-23-10-4-3-5-11-23)33(18-20-14-16-22(31)17-15-20)27(35)19-34-26-13-7-9-21-8-6-12-24(28(21)26)30(34)37/h6-9,12-17,23,25H,2-5,10-11,18-19H2,1H3,(H,32,36)/t25-/m1/s1. The zero-order valence-electron chi connectivity index (χ0n) is 21.1. The summed E-state index contributed by atoms with van der Waals surface area (Å²) < 4.78 is 0. The number of rotatable bonds is 8. The van der Waals surface area contributed by atoms with Crippen molar-refractivity contribution >= 4 is 45.8 Å². The molecule has 192 valence electrons. The molecule has 0 unspecified atom stereocenters. The third-order valence-electron chi connectivity index (χ3n) is 7.55. The molecule has 0 spiro atoms. The van der Waals surface area contributed by atoms with Gasteiger partial charge in [-0.3, -0.25) is 19.3 Å². The van der Waals surface area contributed by atoms with Gasteiger partial charge < -0.3 is 10.2 Å². The van der Waals surface area contributed by atoms with E-state index in [9.17, 15) is 14.4 Å². The average Bonchev–Trinajstić information content (AvgIpc) is 3.18. The third kappa shape index (κ3) is 5.21. The number of benzene rings is 3. The van der Waals surface area contributed by atoms with Gasteiger partial charge in [-0.1, -0.05) is 74.2 Å². The first-order valence-electron chi connectivity index (χ1n) is 13.1. The summed E-state index contributed by atoms with van der Waals surface area (Å²) in [5.74, 6) is -0.583. The van der Waals surface area contributed by atoms with Crippen molar-refractivity contribution in [2.24, 2.45) is 0 Å². The first-order valence-corrected chi connectivity index (χ1v) is 13.5. The molecule has 1 aliphatic heterocycles. The largest absolute Gasteiger partial charge is 0.352 e. The van der Waals surface area contributed by atoms with Crippen molar-refractivity contribution in [3.05, 3.63) is 76.8 Å². The van der Waals surface area contributed by atoms with Crippen molar-refractivity contribution in [3.63, 3.8) is 0 Å². The maximum atomic E-state index is 13.9. The van der Waals surface area contributed by atoms with E-state index in [1.807, 2.05) is 49.4 Å². The van der Waals surface area contributed by atoms with Crippen LogP contribution in [0, 0.1) is 0 Å². The molecule has 1 aliphatic carbocycles. The molecule has 1 saturated carbocycles. The molecule has 6 nitrogen and oxygen atoms in total. The summed E-state index contributed by atoms with van der Waals surface area (Å²) >= 11 is 6.08. The minimum Gasteiger partial charge on any atom is -0.352 e. The van der Waals surface area contributed by atoms with Crippen LogP contribution in [0.2, 0.25) is 5.02 Å². The molecular formula is C30H32ClN3O3. The van der Waals surface area contributed by atoms with Crippen LogP contribution < -0.4 is 10.2 Å². The van der Waals surface area contributed by atoms with Crippen molar-refractivity contribution in [3.8, 4) is 0 Å². The topological polar surface area (TPSA) is 69.7 Å². The highest BCUT2D eigenvalue weighted by atomic mass is 35.5. The Morgan fingerprint density at radius 2 is 1.73 bits per heavy atom. The van der Waals surface area contributed by atoms with Gasteiger partial charge >= 0.3 is 0 Å². The SMILES string of the molecule is CC[C@H](C(=O)NC1CCCCC1)N(Cc1ccc(Cl)cc1)C(=O)CN1C(=O)c2cccc3cccc1c23. The first kappa shape index (κ1) is 25.3. The number of hydrogen-bond acceptors (Lipinski definition) is 3. The quantitative estimate of drug-likeness (QED) is 0.416. The number of nitrogens with one attached hydrogen (secondary N) is 1. The molecule has 7 heteroatoms. The first-order chi connectivity index (χ1) is 18.0. The van der Waals surface area contributed by atoms with Crippen molar-refractivity contribution in [1.82, 2.24) is 10.2 Å². The van der Waals surface area contributed by atoms with E-state index < -0.39 is 6.04 Å². The maximum Gasteiger partial charge on any atom is 0.259 e. The molecule has 3 aromatic carbocycles. The summed E-state index contributed by atoms with van der Waals surface area (Å²) in [6.45, 7) is 2.05. The fraction of sp³-hybridized carbons (Fsp3) is 0.367. The Kier molecular flexibility index (Phi) is 7.47. The lowest BCUT2D eigenvalue weighted by Gasteiger charge is -2.33. The van der Waals surface area contributed by atoms with Crippen LogP contribution in [-0.2, 0) is 16.1 Å². The zero-order valence-corrected chi connectivity index (χ0v) is 21.8. The van der Waals surface area contributed by atoms with E-state index in [4.69, 9.17) is 11.6 Å². The Morgan fingerprint density at radius 1 is 1.03 bits per heavy atom. The number of nitrogens with zero attached hydrogens (tertiary/aromatic N) is 2. The molecule has 0 bridgehead atoms. The summed E-state index contributed by atoms with van der Waals surface area (Å²) in [6.07, 6.45) is 5.83. The Bertz CT molecular complexity index is 1310. The molecule has 1 atom stereocenters. The van der Waals surface area contributed by atoms with Gasteiger partial charge in [0.05, 0.1) is 5.69 Å². The predicted octanol–water partition coefficient (Wildman–Crippen LogP) is 5.71. The molecule has 0 radical (unpaired) electrons. The molecule has 5 rings (SSSR count). The molecule has 37 heavy (non-hydrogen) atoms. The van der Waals surface area contributed by atoms with Gasteiger partial charge in [0.2, 0.25) is 11.8 Å². The molecule has 0 aromatic heterocycles. The van der Waals surface area contributed by atoms with Crippen LogP contribution in [0.15, 0.2) is 60.7 Å². The summed E-state index contributed by atoms with van der Waals surface area (Å²) in [5.41, 5.74) is 2.21. The van der Waals surface area contributed by atoms with Crippen LogP contribution in [0.3, 0.4) is 0 Å². The molecule has 1 heterocycles. The van der Waals surface area contributed by atoms with E-state index in [2.05, 4.69) is 5.32 Å². The van der Waals surface area contributed by atoms with Crippen molar-refractivity contribution in [1.29, 1.82) is 0 Å². The Labute approximate surface area is 222 Å². The lowest BCUT2D eigenvalue weighted by molar-refractivity contribution is -0.140. The van der Waals surface area contributed by atoms with E-state index in [-0.39, 0.29) is 36.9 Å². The lowest BCUT2D eigenvalue weighted by atomic mass is 9.95. The fourth-order valence-corrected chi connectivity index (χ4v) is 5.74. The normalized spacial score (nSPS) is 16.2. The van der Waals surface area contributed by atoms with Gasteiger partial charge in [0.25, 0.3) is 5.91 Å². The Morgan fingerprint density at radius 3 is 2.43 bits per heavy atom. The molecule has 1 N–H and O–H groups in total. The van der Waals surface area contributed by atoms with Crippen molar-refractivity contribution in [2.45, 2.75) is 64.1 Å². The van der Waals surface area contributed by atoms with Gasteiger partial charge in [0, 0.05) is 28.6 Å². The molecule has 2 aliphatic rings. The number of hydrogen-bond donors (Lipinski definition) is 1. The van der Waals surface area contributed by atoms with Crippen LogP contribution in [0.25, 0.3) is 10.8 Å². The maximum absolute atomic E-state index is 13.9. The highest BCUT2D eigenvalue weighted by Crippen LogP contribution is 2.37. The smallest absolute Gasteiger partial charge is 0.259 e. The minimum atomic E-state index is -0.638. The van der Waals surface area contributed by atoms with Crippen LogP contribution in [0.5, 0.6) is 0 Å². The van der Waals surface area contributed by atoms with Crippen LogP contribution >= 0.6 is 11.6 Å². The monoisotopic (exact) mass is 517 g/mol. The van der Waals surface area contributed by atoms with Gasteiger partial charge in [-0.15, -0.1) is 0 Å². The highest BCUT2D eigenvalue weighted by Gasteiger charge is 2.35. The van der Waals surface area contributed by atoms with Crippen molar-refractivity contribution in [2.75, 3.05) is 11.4 Å². The van der Waals surface area contributed by atoms with E-state index >= 15 is 0 Å². The highest BCUT2D eigenvalue weighted by molar-refractivity contribution is 6.30. The summed E-state index contributed by atoms with van der Waals surface area (Å²) in [6, 6.07) is 18.2. The average molecular weight is 518 g/mol. The lowest BCUT2D eigenvalue weighted by Crippen LogP contribution is -2.53. The van der Waals surface area contributed by atoms with E-state index in [0.717, 1.165) is 47.7 Å². The molecular weight excluding hydrogens is 486 g/mol. The zero-order chi connectivity index (χ0) is 25.9. The van der Waals surface area contributed by atoms with Gasteiger partial charge in [0.15, 0.2) is 0 Å². The van der Waals surface area contributed by atoms with Gasteiger partial charge in [0.1, 0.15) is 12.6 Å². The molecule has 1 fully saturated rings. The van der Waals surface area contributed by atoms with Crippen LogP contribution in [-0.4, -0.2) is 41.2 Å². The number of amides is 3. The Balaban J connectivity index is 1.42. The van der Waals surface area contributed by atoms with E-state index in [0.29, 0.717) is 17.0 Å². The molecule has 3 aromatic rings. The fourth-order valence-electron chi connectivity index (χ4n) is 5.61. The van der Waals surface area contributed by atoms with Gasteiger partial charge in [-0.05, 0) is 54.5 Å². The second kappa shape index (κ2) is 10.9. The molecule has 0 saturated heterocycles. The third-order valence-corrected chi connectivity index (χ3v) is 7.80. The van der Waals surface area contributed by atoms with Crippen LogP contribution in [0.1, 0.15) is 61.4 Å². The minimum absolute atomic E-state index is 0.130. The van der Waals surface area contributed by atoms with Crippen molar-refractivity contribution < 1.29 is 14.4 Å². The number of carbonyl (C=O) groups is 3. The van der Waals surface area contributed by atoms with Gasteiger partial charge in [-0.2, -0.15) is 0 Å².